The molecule has 0 aromatic carbocycles. The Morgan fingerprint density at radius 1 is 1.62 bits per heavy atom. The molecule has 0 saturated carbocycles. The first-order valence-electron chi connectivity index (χ1n) is 2.95. The lowest BCUT2D eigenvalue weighted by Crippen LogP contribution is -2.23. The zero-order chi connectivity index (χ0) is 6.41. The number of rotatable bonds is 4. The summed E-state index contributed by atoms with van der Waals surface area (Å²) in [6.45, 7) is 13.9. The van der Waals surface area contributed by atoms with Gasteiger partial charge >= 0.3 is 0 Å². The second-order valence-electron chi connectivity index (χ2n) is 1.70. The van der Waals surface area contributed by atoms with E-state index in [1.807, 2.05) is 0 Å². The van der Waals surface area contributed by atoms with Crippen molar-refractivity contribution in [2.45, 2.75) is 6.42 Å². The highest BCUT2D eigenvalue weighted by Gasteiger charge is 1.95. The molecule has 1 heteroatoms. The maximum absolute atomic E-state index is 3.73. The topological polar surface area (TPSA) is 3.24 Å². The summed E-state index contributed by atoms with van der Waals surface area (Å²) in [6, 6.07) is 0. The molecule has 0 aliphatic heterocycles. The summed E-state index contributed by atoms with van der Waals surface area (Å²) in [5.41, 5.74) is 0. The smallest absolute Gasteiger partial charge is 0.138 e. The molecule has 47 valence electrons. The van der Waals surface area contributed by atoms with Gasteiger partial charge in [-0.3, -0.25) is 4.90 Å². The zero-order valence-electron chi connectivity index (χ0n) is 5.40. The third-order valence-corrected chi connectivity index (χ3v) is 1.11. The van der Waals surface area contributed by atoms with Crippen LogP contribution in [0.3, 0.4) is 0 Å². The first kappa shape index (κ1) is 7.83. The fourth-order valence-electron chi connectivity index (χ4n) is 0.559. The summed E-state index contributed by atoms with van der Waals surface area (Å²) in [5, 5.41) is 0. The molecule has 0 spiro atoms. The molecule has 0 fully saturated rings. The van der Waals surface area contributed by atoms with Crippen LogP contribution in [-0.4, -0.2) is 24.5 Å². The SMILES string of the molecule is [CH2]CN(C[CH2+])CC[CH2-]. The quantitative estimate of drug-likeness (QED) is 0.494. The molecule has 0 atom stereocenters. The van der Waals surface area contributed by atoms with Gasteiger partial charge in [0.2, 0.25) is 0 Å². The number of hydrogen-bond donors (Lipinski definition) is 0. The lowest BCUT2D eigenvalue weighted by Gasteiger charge is -2.13. The maximum atomic E-state index is 3.73. The van der Waals surface area contributed by atoms with Gasteiger partial charge in [0.05, 0.1) is 6.92 Å². The van der Waals surface area contributed by atoms with Crippen LogP contribution >= 0.6 is 0 Å². The molecule has 0 aliphatic carbocycles. The molecule has 0 unspecified atom stereocenters. The van der Waals surface area contributed by atoms with Gasteiger partial charge in [-0.05, 0) is 13.5 Å². The molecule has 0 aliphatic rings. The zero-order valence-corrected chi connectivity index (χ0v) is 5.40. The first-order chi connectivity index (χ1) is 3.85. The Morgan fingerprint density at radius 2 is 2.25 bits per heavy atom. The Balaban J connectivity index is 3.07. The van der Waals surface area contributed by atoms with Crippen LogP contribution in [0.5, 0.6) is 0 Å². The van der Waals surface area contributed by atoms with Gasteiger partial charge in [0.25, 0.3) is 0 Å². The van der Waals surface area contributed by atoms with Crippen LogP contribution in [0.2, 0.25) is 0 Å². The molecule has 0 N–H and O–H groups in total. The molecule has 0 bridgehead atoms. The number of hydrogen-bond acceptors (Lipinski definition) is 1. The van der Waals surface area contributed by atoms with Gasteiger partial charge in [0, 0.05) is 6.54 Å². The third kappa shape index (κ3) is 2.92. The molecule has 1 nitrogen and oxygen atoms in total. The molecular weight excluding hydrogens is 98.1 g/mol. The van der Waals surface area contributed by atoms with Crippen molar-refractivity contribution in [3.63, 3.8) is 0 Å². The summed E-state index contributed by atoms with van der Waals surface area (Å²) >= 11 is 0. The van der Waals surface area contributed by atoms with E-state index in [4.69, 9.17) is 0 Å². The van der Waals surface area contributed by atoms with E-state index in [0.29, 0.717) is 0 Å². The van der Waals surface area contributed by atoms with Gasteiger partial charge < -0.3 is 6.92 Å². The van der Waals surface area contributed by atoms with Crippen molar-refractivity contribution in [3.8, 4) is 0 Å². The molecule has 0 rings (SSSR count). The van der Waals surface area contributed by atoms with E-state index in [9.17, 15) is 0 Å². The summed E-state index contributed by atoms with van der Waals surface area (Å²) in [6.07, 6.45) is 0.949. The second kappa shape index (κ2) is 4.98. The molecule has 0 heterocycles. The van der Waals surface area contributed by atoms with Crippen molar-refractivity contribution in [2.24, 2.45) is 0 Å². The lowest BCUT2D eigenvalue weighted by atomic mass is 10.4. The minimum Gasteiger partial charge on any atom is -0.342 e. The predicted octanol–water partition coefficient (Wildman–Crippen LogP) is 1.18. The van der Waals surface area contributed by atoms with Crippen LogP contribution in [0.4, 0.5) is 0 Å². The van der Waals surface area contributed by atoms with Crippen molar-refractivity contribution >= 4 is 0 Å². The molecule has 0 amide bonds. The van der Waals surface area contributed by atoms with E-state index in [1.54, 1.807) is 0 Å². The van der Waals surface area contributed by atoms with Crippen LogP contribution in [0.1, 0.15) is 6.42 Å². The Kier molecular flexibility index (Phi) is 4.87. The van der Waals surface area contributed by atoms with E-state index in [1.165, 1.54) is 0 Å². The first-order valence-corrected chi connectivity index (χ1v) is 2.95. The Hall–Kier alpha value is -0.170. The molecule has 0 aromatic heterocycles. The highest BCUT2D eigenvalue weighted by molar-refractivity contribution is 4.59. The van der Waals surface area contributed by atoms with Crippen molar-refractivity contribution in [2.75, 3.05) is 19.6 Å². The van der Waals surface area contributed by atoms with Crippen LogP contribution < -0.4 is 0 Å². The van der Waals surface area contributed by atoms with Gasteiger partial charge in [0.1, 0.15) is 6.54 Å². The molecule has 1 radical (unpaired) electrons. The van der Waals surface area contributed by atoms with Crippen molar-refractivity contribution < 1.29 is 0 Å². The van der Waals surface area contributed by atoms with Crippen molar-refractivity contribution in [1.82, 2.24) is 4.90 Å². The highest BCUT2D eigenvalue weighted by atomic mass is 15.1. The maximum Gasteiger partial charge on any atom is 0.138 e. The average Bonchev–Trinajstić information content (AvgIpc) is 1.83. The van der Waals surface area contributed by atoms with Gasteiger partial charge in [-0.1, -0.05) is 0 Å². The summed E-state index contributed by atoms with van der Waals surface area (Å²) in [5.74, 6) is 0. The van der Waals surface area contributed by atoms with E-state index >= 15 is 0 Å². The van der Waals surface area contributed by atoms with Gasteiger partial charge in [0.15, 0.2) is 0 Å². The Bertz CT molecular complexity index is 39.7. The third-order valence-electron chi connectivity index (χ3n) is 1.11. The Labute approximate surface area is 52.7 Å². The standard InChI is InChI=1S/C7H14N/c1-4-7-8(5-2)6-3/h1-7H2. The second-order valence-corrected chi connectivity index (χ2v) is 1.70. The average molecular weight is 112 g/mol. The van der Waals surface area contributed by atoms with Gasteiger partial charge in [-0.2, -0.15) is 6.42 Å². The molecule has 8 heavy (non-hydrogen) atoms. The van der Waals surface area contributed by atoms with Gasteiger partial charge in [-0.25, -0.2) is 0 Å². The monoisotopic (exact) mass is 112 g/mol. The number of nitrogens with zero attached hydrogens (tertiary/aromatic N) is 1. The fourth-order valence-corrected chi connectivity index (χ4v) is 0.559. The van der Waals surface area contributed by atoms with E-state index in [0.717, 1.165) is 26.1 Å². The predicted molar refractivity (Wildman–Crippen MR) is 37.1 cm³/mol. The highest BCUT2D eigenvalue weighted by Crippen LogP contribution is 1.86. The molecular formula is C7H14N. The van der Waals surface area contributed by atoms with Crippen molar-refractivity contribution in [1.29, 1.82) is 0 Å². The normalized spacial score (nSPS) is 10.4. The molecule has 0 saturated heterocycles. The van der Waals surface area contributed by atoms with Gasteiger partial charge in [-0.15, -0.1) is 0 Å². The van der Waals surface area contributed by atoms with E-state index < -0.39 is 0 Å². The van der Waals surface area contributed by atoms with E-state index in [2.05, 4.69) is 25.7 Å². The Morgan fingerprint density at radius 3 is 2.38 bits per heavy atom. The summed E-state index contributed by atoms with van der Waals surface area (Å²) < 4.78 is 0. The van der Waals surface area contributed by atoms with Crippen LogP contribution in [-0.2, 0) is 0 Å². The summed E-state index contributed by atoms with van der Waals surface area (Å²) in [4.78, 5) is 2.15. The summed E-state index contributed by atoms with van der Waals surface area (Å²) in [7, 11) is 0. The minimum absolute atomic E-state index is 0.846. The lowest BCUT2D eigenvalue weighted by molar-refractivity contribution is 0.339. The van der Waals surface area contributed by atoms with Crippen LogP contribution in [0.25, 0.3) is 0 Å². The van der Waals surface area contributed by atoms with Crippen LogP contribution in [0.15, 0.2) is 0 Å². The fraction of sp³-hybridized carbons (Fsp3) is 0.571. The largest absolute Gasteiger partial charge is 0.342 e. The van der Waals surface area contributed by atoms with Crippen molar-refractivity contribution in [3.05, 3.63) is 20.8 Å². The molecule has 0 aromatic rings. The van der Waals surface area contributed by atoms with E-state index in [-0.39, 0.29) is 0 Å². The van der Waals surface area contributed by atoms with Crippen LogP contribution in [0, 0.1) is 20.8 Å². The minimum atomic E-state index is 0.846.